The Hall–Kier alpha value is -4.24. The first-order valence-electron chi connectivity index (χ1n) is 9.81. The first kappa shape index (κ1) is 20.0. The number of hydrogen-bond donors (Lipinski definition) is 0. The van der Waals surface area contributed by atoms with Crippen LogP contribution < -0.4 is 4.74 Å². The maximum Gasteiger partial charge on any atom is 0.311 e. The molecule has 4 rings (SSSR count). The summed E-state index contributed by atoms with van der Waals surface area (Å²) in [6.07, 6.45) is 0.438. The van der Waals surface area contributed by atoms with Crippen LogP contribution >= 0.6 is 0 Å². The minimum Gasteiger partial charge on any atom is -0.427 e. The topological polar surface area (TPSA) is 89.0 Å². The van der Waals surface area contributed by atoms with Crippen LogP contribution in [0.25, 0.3) is 22.6 Å². The van der Waals surface area contributed by atoms with Gasteiger partial charge in [0, 0.05) is 12.0 Å². The predicted octanol–water partition coefficient (Wildman–Crippen LogP) is 5.12. The molecule has 0 spiro atoms. The van der Waals surface area contributed by atoms with Crippen molar-refractivity contribution in [3.8, 4) is 34.4 Å². The molecule has 0 radical (unpaired) electrons. The SMILES string of the molecule is Cc1ccc(-c2nnc(CCC(=O)Oc3ccc(-c4ccc(C#N)cc4)cc3)o2)cc1. The van der Waals surface area contributed by atoms with E-state index in [9.17, 15) is 4.79 Å². The Labute approximate surface area is 179 Å². The van der Waals surface area contributed by atoms with Crippen molar-refractivity contribution < 1.29 is 13.9 Å². The third-order valence-electron chi connectivity index (χ3n) is 4.74. The van der Waals surface area contributed by atoms with Gasteiger partial charge in [0.25, 0.3) is 0 Å². The highest BCUT2D eigenvalue weighted by molar-refractivity contribution is 5.73. The summed E-state index contributed by atoms with van der Waals surface area (Å²) < 4.78 is 11.0. The number of nitrogens with zero attached hydrogens (tertiary/aromatic N) is 3. The van der Waals surface area contributed by atoms with E-state index in [0.29, 0.717) is 29.5 Å². The number of rotatable bonds is 6. The Morgan fingerprint density at radius 3 is 2.16 bits per heavy atom. The van der Waals surface area contributed by atoms with Gasteiger partial charge in [0.2, 0.25) is 11.8 Å². The van der Waals surface area contributed by atoms with Crippen molar-refractivity contribution in [2.75, 3.05) is 0 Å². The van der Waals surface area contributed by atoms with Gasteiger partial charge in [-0.05, 0) is 54.4 Å². The normalized spacial score (nSPS) is 10.5. The van der Waals surface area contributed by atoms with Crippen molar-refractivity contribution in [3.05, 3.63) is 89.8 Å². The minimum absolute atomic E-state index is 0.132. The van der Waals surface area contributed by atoms with Gasteiger partial charge < -0.3 is 9.15 Å². The number of aryl methyl sites for hydroxylation is 2. The summed E-state index contributed by atoms with van der Waals surface area (Å²) in [7, 11) is 0. The van der Waals surface area contributed by atoms with E-state index in [-0.39, 0.29) is 12.4 Å². The highest BCUT2D eigenvalue weighted by Gasteiger charge is 2.12. The van der Waals surface area contributed by atoms with Crippen LogP contribution in [0.3, 0.4) is 0 Å². The van der Waals surface area contributed by atoms with Gasteiger partial charge in [0.15, 0.2) is 0 Å². The number of aromatic nitrogens is 2. The van der Waals surface area contributed by atoms with E-state index in [1.54, 1.807) is 24.3 Å². The molecular weight excluding hydrogens is 390 g/mol. The third-order valence-corrected chi connectivity index (χ3v) is 4.74. The molecule has 0 bridgehead atoms. The fourth-order valence-corrected chi connectivity index (χ4v) is 3.01. The summed E-state index contributed by atoms with van der Waals surface area (Å²) >= 11 is 0. The van der Waals surface area contributed by atoms with Crippen LogP contribution in [0.15, 0.2) is 77.2 Å². The lowest BCUT2D eigenvalue weighted by atomic mass is 10.0. The minimum atomic E-state index is -0.374. The summed E-state index contributed by atoms with van der Waals surface area (Å²) in [5.74, 6) is 0.917. The van der Waals surface area contributed by atoms with Crippen LogP contribution in [0.2, 0.25) is 0 Å². The highest BCUT2D eigenvalue weighted by atomic mass is 16.5. The van der Waals surface area contributed by atoms with Gasteiger partial charge >= 0.3 is 5.97 Å². The Morgan fingerprint density at radius 2 is 1.52 bits per heavy atom. The van der Waals surface area contributed by atoms with Crippen LogP contribution in [0.4, 0.5) is 0 Å². The molecule has 0 aliphatic heterocycles. The average molecular weight is 409 g/mol. The lowest BCUT2D eigenvalue weighted by Gasteiger charge is -2.06. The summed E-state index contributed by atoms with van der Waals surface area (Å²) in [5.41, 5.74) is 4.56. The highest BCUT2D eigenvalue weighted by Crippen LogP contribution is 2.23. The molecule has 0 fully saturated rings. The maximum absolute atomic E-state index is 12.2. The van der Waals surface area contributed by atoms with E-state index in [2.05, 4.69) is 16.3 Å². The molecule has 0 saturated carbocycles. The van der Waals surface area contributed by atoms with Crippen molar-refractivity contribution in [3.63, 3.8) is 0 Å². The monoisotopic (exact) mass is 409 g/mol. The van der Waals surface area contributed by atoms with E-state index < -0.39 is 0 Å². The van der Waals surface area contributed by atoms with E-state index in [1.807, 2.05) is 55.5 Å². The van der Waals surface area contributed by atoms with E-state index in [1.165, 1.54) is 0 Å². The van der Waals surface area contributed by atoms with Gasteiger partial charge in [0.05, 0.1) is 18.1 Å². The van der Waals surface area contributed by atoms with Gasteiger partial charge in [-0.15, -0.1) is 10.2 Å². The fraction of sp³-hybridized carbons (Fsp3) is 0.120. The first-order valence-corrected chi connectivity index (χ1v) is 9.81. The second-order valence-electron chi connectivity index (χ2n) is 7.05. The molecule has 0 amide bonds. The molecule has 0 saturated heterocycles. The number of esters is 1. The lowest BCUT2D eigenvalue weighted by Crippen LogP contribution is -2.09. The van der Waals surface area contributed by atoms with Crippen LogP contribution in [0.5, 0.6) is 5.75 Å². The van der Waals surface area contributed by atoms with Gasteiger partial charge in [-0.2, -0.15) is 5.26 Å². The van der Waals surface area contributed by atoms with Gasteiger partial charge in [-0.3, -0.25) is 4.79 Å². The number of nitriles is 1. The van der Waals surface area contributed by atoms with Crippen LogP contribution in [-0.2, 0) is 11.2 Å². The van der Waals surface area contributed by atoms with E-state index >= 15 is 0 Å². The maximum atomic E-state index is 12.2. The molecule has 1 aromatic heterocycles. The van der Waals surface area contributed by atoms with Crippen LogP contribution in [-0.4, -0.2) is 16.2 Å². The van der Waals surface area contributed by atoms with Crippen molar-refractivity contribution in [2.45, 2.75) is 19.8 Å². The third kappa shape index (κ3) is 5.03. The van der Waals surface area contributed by atoms with Crippen molar-refractivity contribution in [1.82, 2.24) is 10.2 Å². The number of benzene rings is 3. The first-order chi connectivity index (χ1) is 15.1. The number of ether oxygens (including phenoxy) is 1. The quantitative estimate of drug-likeness (QED) is 0.324. The molecule has 6 nitrogen and oxygen atoms in total. The predicted molar refractivity (Wildman–Crippen MR) is 115 cm³/mol. The molecular formula is C25H19N3O3. The lowest BCUT2D eigenvalue weighted by molar-refractivity contribution is -0.134. The molecule has 4 aromatic rings. The molecule has 3 aromatic carbocycles. The zero-order valence-electron chi connectivity index (χ0n) is 16.9. The molecule has 0 aliphatic carbocycles. The average Bonchev–Trinajstić information content (AvgIpc) is 3.28. The molecule has 31 heavy (non-hydrogen) atoms. The molecule has 0 N–H and O–H groups in total. The molecule has 0 aliphatic rings. The number of carbonyl (C=O) groups excluding carboxylic acids is 1. The summed E-state index contributed by atoms with van der Waals surface area (Å²) in [4.78, 5) is 12.2. The summed E-state index contributed by atoms with van der Waals surface area (Å²) in [5, 5.41) is 16.9. The van der Waals surface area contributed by atoms with Gasteiger partial charge in [-0.1, -0.05) is 42.0 Å². The zero-order valence-corrected chi connectivity index (χ0v) is 16.9. The van der Waals surface area contributed by atoms with E-state index in [0.717, 1.165) is 22.3 Å². The van der Waals surface area contributed by atoms with Crippen LogP contribution in [0.1, 0.15) is 23.4 Å². The Balaban J connectivity index is 1.32. The second kappa shape index (κ2) is 9.06. The molecule has 152 valence electrons. The summed E-state index contributed by atoms with van der Waals surface area (Å²) in [6, 6.07) is 24.4. The second-order valence-corrected chi connectivity index (χ2v) is 7.05. The molecule has 1 heterocycles. The standard InChI is InChI=1S/C25H19N3O3/c1-17-2-6-21(7-3-17)25-28-27-23(31-25)14-15-24(29)30-22-12-10-20(11-13-22)19-8-4-18(16-26)5-9-19/h2-13H,14-15H2,1H3. The van der Waals surface area contributed by atoms with Crippen molar-refractivity contribution in [1.29, 1.82) is 5.26 Å². The Morgan fingerprint density at radius 1 is 0.903 bits per heavy atom. The van der Waals surface area contributed by atoms with E-state index in [4.69, 9.17) is 14.4 Å². The Bertz CT molecular complexity index is 1220. The summed E-state index contributed by atoms with van der Waals surface area (Å²) in [6.45, 7) is 2.01. The zero-order chi connectivity index (χ0) is 21.6. The molecule has 0 unspecified atom stereocenters. The van der Waals surface area contributed by atoms with Gasteiger partial charge in [0.1, 0.15) is 5.75 Å². The number of hydrogen-bond acceptors (Lipinski definition) is 6. The van der Waals surface area contributed by atoms with Crippen molar-refractivity contribution in [2.24, 2.45) is 0 Å². The fourth-order valence-electron chi connectivity index (χ4n) is 3.01. The molecule has 6 heteroatoms. The van der Waals surface area contributed by atoms with Crippen LogP contribution in [0, 0.1) is 18.3 Å². The Kier molecular flexibility index (Phi) is 5.86. The largest absolute Gasteiger partial charge is 0.427 e. The van der Waals surface area contributed by atoms with Crippen molar-refractivity contribution >= 4 is 5.97 Å². The smallest absolute Gasteiger partial charge is 0.311 e. The van der Waals surface area contributed by atoms with Gasteiger partial charge in [-0.25, -0.2) is 0 Å². The molecule has 0 atom stereocenters. The number of carbonyl (C=O) groups is 1.